The summed E-state index contributed by atoms with van der Waals surface area (Å²) in [5.41, 5.74) is 8.69. The van der Waals surface area contributed by atoms with Gasteiger partial charge >= 0.3 is 0 Å². The third-order valence-corrected chi connectivity index (χ3v) is 4.11. The summed E-state index contributed by atoms with van der Waals surface area (Å²) in [6.07, 6.45) is 0. The molecule has 1 atom stereocenters. The lowest BCUT2D eigenvalue weighted by Gasteiger charge is -2.18. The Hall–Kier alpha value is -1.36. The number of carbonyl (C=O) groups excluding carboxylic acids is 1. The van der Waals surface area contributed by atoms with Crippen LogP contribution in [0.25, 0.3) is 0 Å². The molecule has 1 aliphatic rings. The molecule has 3 rings (SSSR count). The highest BCUT2D eigenvalue weighted by molar-refractivity contribution is 9.10. The molecule has 0 aliphatic carbocycles. The second-order valence-electron chi connectivity index (χ2n) is 4.74. The lowest BCUT2D eigenvalue weighted by atomic mass is 10.1. The molecule has 102 valence electrons. The Labute approximate surface area is 130 Å². The molecule has 0 saturated heterocycles. The van der Waals surface area contributed by atoms with Crippen LogP contribution in [0.3, 0.4) is 0 Å². The molecule has 3 nitrogen and oxygen atoms in total. The van der Waals surface area contributed by atoms with Crippen LogP contribution < -0.4 is 10.6 Å². The third kappa shape index (κ3) is 2.35. The van der Waals surface area contributed by atoms with E-state index in [4.69, 9.17) is 17.3 Å². The average Bonchev–Trinajstić information content (AvgIpc) is 2.64. The summed E-state index contributed by atoms with van der Waals surface area (Å²) in [5.74, 6) is -0.0851. The van der Waals surface area contributed by atoms with Crippen LogP contribution in [0.2, 0.25) is 5.02 Å². The van der Waals surface area contributed by atoms with Gasteiger partial charge in [-0.05, 0) is 35.9 Å². The first-order chi connectivity index (χ1) is 9.56. The third-order valence-electron chi connectivity index (χ3n) is 3.38. The highest BCUT2D eigenvalue weighted by Crippen LogP contribution is 2.37. The number of benzene rings is 2. The van der Waals surface area contributed by atoms with Crippen molar-refractivity contribution in [1.29, 1.82) is 0 Å². The topological polar surface area (TPSA) is 46.3 Å². The van der Waals surface area contributed by atoms with Crippen LogP contribution in [0, 0.1) is 0 Å². The summed E-state index contributed by atoms with van der Waals surface area (Å²) in [7, 11) is 0. The van der Waals surface area contributed by atoms with E-state index in [9.17, 15) is 4.79 Å². The van der Waals surface area contributed by atoms with Gasteiger partial charge in [0.15, 0.2) is 0 Å². The molecular formula is C15H12BrClN2O. The SMILES string of the molecule is NC1C(=O)N(Cc2cccc(Cl)c2)c2ccc(Br)cc21. The van der Waals surface area contributed by atoms with Gasteiger partial charge in [0, 0.05) is 20.7 Å². The summed E-state index contributed by atoms with van der Waals surface area (Å²) in [6.45, 7) is 0.474. The molecule has 0 bridgehead atoms. The number of rotatable bonds is 2. The quantitative estimate of drug-likeness (QED) is 0.897. The van der Waals surface area contributed by atoms with Crippen molar-refractivity contribution in [1.82, 2.24) is 0 Å². The molecule has 1 aliphatic heterocycles. The van der Waals surface area contributed by atoms with Gasteiger partial charge < -0.3 is 10.6 Å². The van der Waals surface area contributed by atoms with Crippen LogP contribution in [0.1, 0.15) is 17.2 Å². The van der Waals surface area contributed by atoms with E-state index in [1.807, 2.05) is 42.5 Å². The van der Waals surface area contributed by atoms with Gasteiger partial charge in [-0.1, -0.05) is 39.7 Å². The number of amides is 1. The maximum absolute atomic E-state index is 12.3. The Morgan fingerprint density at radius 3 is 2.80 bits per heavy atom. The second-order valence-corrected chi connectivity index (χ2v) is 6.09. The van der Waals surface area contributed by atoms with E-state index >= 15 is 0 Å². The first-order valence-electron chi connectivity index (χ1n) is 6.17. The fourth-order valence-electron chi connectivity index (χ4n) is 2.42. The van der Waals surface area contributed by atoms with Crippen LogP contribution in [0.5, 0.6) is 0 Å². The van der Waals surface area contributed by atoms with Crippen molar-refractivity contribution in [3.63, 3.8) is 0 Å². The van der Waals surface area contributed by atoms with Gasteiger partial charge in [-0.2, -0.15) is 0 Å². The van der Waals surface area contributed by atoms with Crippen LogP contribution in [0.4, 0.5) is 5.69 Å². The Bertz CT molecular complexity index is 689. The zero-order chi connectivity index (χ0) is 14.3. The van der Waals surface area contributed by atoms with Crippen molar-refractivity contribution >= 4 is 39.1 Å². The standard InChI is InChI=1S/C15H12BrClN2O/c16-10-4-5-13-12(7-10)14(18)15(20)19(13)8-9-2-1-3-11(17)6-9/h1-7,14H,8,18H2. The Balaban J connectivity index is 1.97. The lowest BCUT2D eigenvalue weighted by molar-refractivity contribution is -0.119. The highest BCUT2D eigenvalue weighted by Gasteiger charge is 2.34. The number of nitrogens with two attached hydrogens (primary N) is 1. The number of nitrogens with zero attached hydrogens (tertiary/aromatic N) is 1. The number of fused-ring (bicyclic) bond motifs is 1. The molecule has 1 amide bonds. The molecule has 20 heavy (non-hydrogen) atoms. The van der Waals surface area contributed by atoms with Crippen molar-refractivity contribution in [3.8, 4) is 0 Å². The van der Waals surface area contributed by atoms with E-state index in [2.05, 4.69) is 15.9 Å². The Kier molecular flexibility index (Phi) is 3.54. The summed E-state index contributed by atoms with van der Waals surface area (Å²) < 4.78 is 0.920. The summed E-state index contributed by atoms with van der Waals surface area (Å²) in [4.78, 5) is 14.0. The molecule has 0 saturated carbocycles. The van der Waals surface area contributed by atoms with E-state index in [1.54, 1.807) is 4.90 Å². The highest BCUT2D eigenvalue weighted by atomic mass is 79.9. The number of halogens is 2. The molecule has 0 fully saturated rings. The lowest BCUT2D eigenvalue weighted by Crippen LogP contribution is -2.31. The molecule has 2 aromatic rings. The molecule has 5 heteroatoms. The zero-order valence-electron chi connectivity index (χ0n) is 10.5. The predicted molar refractivity (Wildman–Crippen MR) is 83.7 cm³/mol. The molecular weight excluding hydrogens is 340 g/mol. The van der Waals surface area contributed by atoms with Gasteiger partial charge in [-0.25, -0.2) is 0 Å². The van der Waals surface area contributed by atoms with Crippen molar-refractivity contribution in [2.45, 2.75) is 12.6 Å². The normalized spacial score (nSPS) is 17.4. The first kappa shape index (κ1) is 13.6. The van der Waals surface area contributed by atoms with Gasteiger partial charge in [0.2, 0.25) is 5.91 Å². The number of hydrogen-bond acceptors (Lipinski definition) is 2. The van der Waals surface area contributed by atoms with Crippen molar-refractivity contribution in [2.24, 2.45) is 5.73 Å². The fraction of sp³-hybridized carbons (Fsp3) is 0.133. The summed E-state index contributed by atoms with van der Waals surface area (Å²) >= 11 is 9.39. The second kappa shape index (κ2) is 5.20. The zero-order valence-corrected chi connectivity index (χ0v) is 12.9. The largest absolute Gasteiger partial charge is 0.316 e. The maximum atomic E-state index is 12.3. The van der Waals surface area contributed by atoms with Gasteiger partial charge in [0.05, 0.1) is 6.54 Å². The van der Waals surface area contributed by atoms with Crippen molar-refractivity contribution in [3.05, 3.63) is 63.1 Å². The van der Waals surface area contributed by atoms with Gasteiger partial charge in [-0.3, -0.25) is 4.79 Å². The molecule has 2 aromatic carbocycles. The molecule has 1 unspecified atom stereocenters. The smallest absolute Gasteiger partial charge is 0.248 e. The van der Waals surface area contributed by atoms with Gasteiger partial charge in [-0.15, -0.1) is 0 Å². The summed E-state index contributed by atoms with van der Waals surface area (Å²) in [6, 6.07) is 12.6. The maximum Gasteiger partial charge on any atom is 0.248 e. The van der Waals surface area contributed by atoms with Crippen molar-refractivity contribution < 1.29 is 4.79 Å². The monoisotopic (exact) mass is 350 g/mol. The van der Waals surface area contributed by atoms with E-state index < -0.39 is 6.04 Å². The number of carbonyl (C=O) groups is 1. The first-order valence-corrected chi connectivity index (χ1v) is 7.34. The van der Waals surface area contributed by atoms with Crippen LogP contribution in [-0.2, 0) is 11.3 Å². The van der Waals surface area contributed by atoms with Gasteiger partial charge in [0.1, 0.15) is 6.04 Å². The molecule has 0 spiro atoms. The predicted octanol–water partition coefficient (Wildman–Crippen LogP) is 3.65. The molecule has 1 heterocycles. The van der Waals surface area contributed by atoms with Crippen LogP contribution in [0.15, 0.2) is 46.9 Å². The van der Waals surface area contributed by atoms with E-state index in [-0.39, 0.29) is 5.91 Å². The van der Waals surface area contributed by atoms with E-state index in [0.29, 0.717) is 11.6 Å². The average molecular weight is 352 g/mol. The minimum absolute atomic E-state index is 0.0851. The summed E-state index contributed by atoms with van der Waals surface area (Å²) in [5, 5.41) is 0.662. The van der Waals surface area contributed by atoms with Crippen LogP contribution in [-0.4, -0.2) is 5.91 Å². The Morgan fingerprint density at radius 2 is 2.05 bits per heavy atom. The molecule has 0 aromatic heterocycles. The fourth-order valence-corrected chi connectivity index (χ4v) is 3.01. The minimum Gasteiger partial charge on any atom is -0.316 e. The minimum atomic E-state index is -0.596. The van der Waals surface area contributed by atoms with E-state index in [0.717, 1.165) is 21.3 Å². The Morgan fingerprint density at radius 1 is 1.25 bits per heavy atom. The number of hydrogen-bond donors (Lipinski definition) is 1. The van der Waals surface area contributed by atoms with Crippen LogP contribution >= 0.6 is 27.5 Å². The van der Waals surface area contributed by atoms with Crippen molar-refractivity contribution in [2.75, 3.05) is 4.90 Å². The number of anilines is 1. The molecule has 0 radical (unpaired) electrons. The van der Waals surface area contributed by atoms with Gasteiger partial charge in [0.25, 0.3) is 0 Å². The van der Waals surface area contributed by atoms with E-state index in [1.165, 1.54) is 0 Å². The molecule has 2 N–H and O–H groups in total.